The van der Waals surface area contributed by atoms with E-state index in [9.17, 15) is 37.0 Å². The highest BCUT2D eigenvalue weighted by molar-refractivity contribution is 6.04. The summed E-state index contributed by atoms with van der Waals surface area (Å²) >= 11 is 0. The molecule has 2 aliphatic heterocycles. The first kappa shape index (κ1) is 30.1. The number of likely N-dealkylation sites (tertiary alicyclic amines) is 1. The SMILES string of the molecule is C[C@@H]1[C@H](CN2CC[C@H](O)C2)O[C@H](c2cccc(NC(=O)c3c(F)c(F)c(F)c(F)c3F)c2)O[C@@H]1c1ccc(CO)cc1. The van der Waals surface area contributed by atoms with Gasteiger partial charge < -0.3 is 25.0 Å². The molecule has 0 bridgehead atoms. The molecular formula is C30H29F5N2O5. The Morgan fingerprint density at radius 1 is 0.952 bits per heavy atom. The maximum absolute atomic E-state index is 14.2. The minimum atomic E-state index is -2.36. The third-order valence-corrected chi connectivity index (χ3v) is 7.66. The van der Waals surface area contributed by atoms with Crippen LogP contribution in [0.25, 0.3) is 0 Å². The van der Waals surface area contributed by atoms with E-state index in [2.05, 4.69) is 10.2 Å². The lowest BCUT2D eigenvalue weighted by molar-refractivity contribution is -0.276. The van der Waals surface area contributed by atoms with Crippen molar-refractivity contribution in [2.75, 3.05) is 25.0 Å². The zero-order valence-electron chi connectivity index (χ0n) is 22.5. The van der Waals surface area contributed by atoms with Crippen LogP contribution < -0.4 is 5.32 Å². The fraction of sp³-hybridized carbons (Fsp3) is 0.367. The second-order valence-electron chi connectivity index (χ2n) is 10.5. The predicted molar refractivity (Wildman–Crippen MR) is 141 cm³/mol. The minimum absolute atomic E-state index is 0.00956. The molecule has 5 atom stereocenters. The lowest BCUT2D eigenvalue weighted by Crippen LogP contribution is -2.44. The van der Waals surface area contributed by atoms with Gasteiger partial charge in [-0.1, -0.05) is 43.3 Å². The van der Waals surface area contributed by atoms with Crippen LogP contribution >= 0.6 is 0 Å². The normalized spacial score (nSPS) is 24.6. The second kappa shape index (κ2) is 12.4. The zero-order chi connectivity index (χ0) is 30.1. The molecule has 0 unspecified atom stereocenters. The standard InChI is InChI=1S/C30H29F5N2O5/c1-15-21(13-37-10-9-20(39)12-37)41-30(42-28(15)17-7-5-16(14-38)6-8-17)18-3-2-4-19(11-18)36-29(40)22-23(31)25(33)27(35)26(34)24(22)32/h2-8,11,15,20-21,28,30,38-39H,9-10,12-14H2,1H3,(H,36,40)/t15-,20+,21+,28+,30+/m1/s1. The third-order valence-electron chi connectivity index (χ3n) is 7.66. The number of carbonyl (C=O) groups excluding carboxylic acids is 1. The molecule has 0 saturated carbocycles. The summed E-state index contributed by atoms with van der Waals surface area (Å²) in [6.45, 7) is 3.59. The van der Waals surface area contributed by atoms with Gasteiger partial charge in [0.1, 0.15) is 5.56 Å². The molecule has 3 aromatic carbocycles. The summed E-state index contributed by atoms with van der Waals surface area (Å²) in [7, 11) is 0. The number of nitrogens with one attached hydrogen (secondary N) is 1. The Bertz CT molecular complexity index is 1430. The average molecular weight is 593 g/mol. The van der Waals surface area contributed by atoms with Crippen LogP contribution in [0.1, 0.15) is 52.8 Å². The largest absolute Gasteiger partial charge is 0.392 e. The van der Waals surface area contributed by atoms with E-state index in [1.54, 1.807) is 18.2 Å². The molecule has 5 rings (SSSR count). The number of nitrogens with zero attached hydrogens (tertiary/aromatic N) is 1. The van der Waals surface area contributed by atoms with Gasteiger partial charge in [0.25, 0.3) is 5.91 Å². The van der Waals surface area contributed by atoms with Crippen LogP contribution in [0.4, 0.5) is 27.6 Å². The number of hydrogen-bond acceptors (Lipinski definition) is 6. The second-order valence-corrected chi connectivity index (χ2v) is 10.5. The Labute approximate surface area is 238 Å². The molecule has 2 fully saturated rings. The third kappa shape index (κ3) is 6.04. The summed E-state index contributed by atoms with van der Waals surface area (Å²) < 4.78 is 81.8. The van der Waals surface area contributed by atoms with Crippen LogP contribution in [0.2, 0.25) is 0 Å². The van der Waals surface area contributed by atoms with Gasteiger partial charge in [0.15, 0.2) is 29.6 Å². The Kier molecular flexibility index (Phi) is 8.90. The molecule has 3 aromatic rings. The molecule has 1 amide bonds. The van der Waals surface area contributed by atoms with Gasteiger partial charge in [0.05, 0.1) is 24.9 Å². The summed E-state index contributed by atoms with van der Waals surface area (Å²) in [6.07, 6.45) is -1.51. The molecule has 2 heterocycles. The number of benzene rings is 3. The van der Waals surface area contributed by atoms with E-state index in [-0.39, 0.29) is 24.3 Å². The number of aliphatic hydroxyl groups excluding tert-OH is 2. The molecular weight excluding hydrogens is 563 g/mol. The molecule has 0 aliphatic carbocycles. The van der Waals surface area contributed by atoms with Gasteiger partial charge in [-0.2, -0.15) is 0 Å². The quantitative estimate of drug-likeness (QED) is 0.204. The Morgan fingerprint density at radius 2 is 1.62 bits per heavy atom. The van der Waals surface area contributed by atoms with Crippen LogP contribution in [0.3, 0.4) is 0 Å². The summed E-state index contributed by atoms with van der Waals surface area (Å²) in [6, 6.07) is 13.3. The van der Waals surface area contributed by atoms with E-state index >= 15 is 0 Å². The lowest BCUT2D eigenvalue weighted by atomic mass is 9.90. The number of carbonyl (C=O) groups is 1. The van der Waals surface area contributed by atoms with Gasteiger partial charge in [-0.25, -0.2) is 22.0 Å². The number of rotatable bonds is 7. The van der Waals surface area contributed by atoms with Crippen molar-refractivity contribution in [2.24, 2.45) is 5.92 Å². The number of halogens is 5. The van der Waals surface area contributed by atoms with Gasteiger partial charge >= 0.3 is 0 Å². The molecule has 3 N–H and O–H groups in total. The van der Waals surface area contributed by atoms with Crippen LogP contribution in [0.15, 0.2) is 48.5 Å². The number of aliphatic hydroxyl groups is 2. The van der Waals surface area contributed by atoms with Crippen molar-refractivity contribution in [3.05, 3.63) is 99.9 Å². The van der Waals surface area contributed by atoms with E-state index in [4.69, 9.17) is 9.47 Å². The van der Waals surface area contributed by atoms with Crippen LogP contribution in [-0.2, 0) is 16.1 Å². The van der Waals surface area contributed by atoms with Gasteiger partial charge in [-0.3, -0.25) is 9.69 Å². The van der Waals surface area contributed by atoms with Crippen molar-refractivity contribution < 1.29 is 46.4 Å². The van der Waals surface area contributed by atoms with Gasteiger partial charge in [-0.15, -0.1) is 0 Å². The summed E-state index contributed by atoms with van der Waals surface area (Å²) in [5, 5.41) is 21.6. The average Bonchev–Trinajstić information content (AvgIpc) is 3.40. The van der Waals surface area contributed by atoms with E-state index in [1.165, 1.54) is 18.2 Å². The minimum Gasteiger partial charge on any atom is -0.392 e. The molecule has 42 heavy (non-hydrogen) atoms. The summed E-state index contributed by atoms with van der Waals surface area (Å²) in [5.41, 5.74) is 0.413. The molecule has 2 saturated heterocycles. The Hall–Kier alpha value is -3.42. The van der Waals surface area contributed by atoms with Crippen molar-refractivity contribution in [3.8, 4) is 0 Å². The van der Waals surface area contributed by atoms with Gasteiger partial charge in [0, 0.05) is 36.8 Å². The number of amides is 1. The number of hydrogen-bond donors (Lipinski definition) is 3. The molecule has 0 aromatic heterocycles. The van der Waals surface area contributed by atoms with Crippen molar-refractivity contribution in [1.29, 1.82) is 0 Å². The fourth-order valence-electron chi connectivity index (χ4n) is 5.32. The fourth-order valence-corrected chi connectivity index (χ4v) is 5.32. The molecule has 2 aliphatic rings. The topological polar surface area (TPSA) is 91.3 Å². The Morgan fingerprint density at radius 3 is 2.24 bits per heavy atom. The van der Waals surface area contributed by atoms with Crippen LogP contribution in [-0.4, -0.2) is 52.9 Å². The van der Waals surface area contributed by atoms with Gasteiger partial charge in [-0.05, 0) is 29.7 Å². The summed E-state index contributed by atoms with van der Waals surface area (Å²) in [5.74, 6) is -12.9. The Balaban J connectivity index is 1.41. The van der Waals surface area contributed by atoms with E-state index in [0.717, 1.165) is 11.1 Å². The zero-order valence-corrected chi connectivity index (χ0v) is 22.5. The van der Waals surface area contributed by atoms with Crippen molar-refractivity contribution in [1.82, 2.24) is 4.90 Å². The lowest BCUT2D eigenvalue weighted by Gasteiger charge is -2.42. The molecule has 12 heteroatoms. The van der Waals surface area contributed by atoms with E-state index in [1.807, 2.05) is 19.1 Å². The van der Waals surface area contributed by atoms with Crippen molar-refractivity contribution >= 4 is 11.6 Å². The number of ether oxygens (including phenoxy) is 2. The van der Waals surface area contributed by atoms with E-state index < -0.39 is 59.1 Å². The maximum Gasteiger partial charge on any atom is 0.261 e. The monoisotopic (exact) mass is 592 g/mol. The van der Waals surface area contributed by atoms with Gasteiger partial charge in [0.2, 0.25) is 5.82 Å². The summed E-state index contributed by atoms with van der Waals surface area (Å²) in [4.78, 5) is 14.7. The number of anilines is 1. The van der Waals surface area contributed by atoms with E-state index in [0.29, 0.717) is 31.6 Å². The first-order chi connectivity index (χ1) is 20.1. The predicted octanol–water partition coefficient (Wildman–Crippen LogP) is 4.98. The smallest absolute Gasteiger partial charge is 0.261 e. The van der Waals surface area contributed by atoms with Crippen LogP contribution in [0.5, 0.6) is 0 Å². The van der Waals surface area contributed by atoms with Crippen LogP contribution in [0, 0.1) is 35.0 Å². The highest BCUT2D eigenvalue weighted by Crippen LogP contribution is 2.42. The highest BCUT2D eigenvalue weighted by atomic mass is 19.2. The van der Waals surface area contributed by atoms with Crippen molar-refractivity contribution in [3.63, 3.8) is 0 Å². The van der Waals surface area contributed by atoms with Crippen molar-refractivity contribution in [2.45, 2.75) is 44.6 Å². The molecule has 224 valence electrons. The highest BCUT2D eigenvalue weighted by Gasteiger charge is 2.40. The molecule has 7 nitrogen and oxygen atoms in total. The first-order valence-corrected chi connectivity index (χ1v) is 13.4. The molecule has 0 radical (unpaired) electrons. The number of β-amino-alcohol motifs (C(OH)–C–C–N with tert-alkyl or cyclic N) is 1. The maximum atomic E-state index is 14.2. The molecule has 0 spiro atoms. The first-order valence-electron chi connectivity index (χ1n) is 13.4.